The summed E-state index contributed by atoms with van der Waals surface area (Å²) < 4.78 is 9.94. The third kappa shape index (κ3) is 1.64. The summed E-state index contributed by atoms with van der Waals surface area (Å²) in [5.41, 5.74) is -0.468. The molecule has 0 aromatic heterocycles. The molecule has 14 heavy (non-hydrogen) atoms. The van der Waals surface area contributed by atoms with Gasteiger partial charge in [-0.1, -0.05) is 6.92 Å². The van der Waals surface area contributed by atoms with Crippen molar-refractivity contribution >= 4 is 5.97 Å². The number of nitrogens with one attached hydrogen (secondary N) is 1. The van der Waals surface area contributed by atoms with Crippen LogP contribution in [0.1, 0.15) is 13.8 Å². The van der Waals surface area contributed by atoms with Crippen molar-refractivity contribution in [3.63, 3.8) is 0 Å². The fourth-order valence-corrected chi connectivity index (χ4v) is 2.05. The molecule has 1 saturated heterocycles. The van der Waals surface area contributed by atoms with Crippen molar-refractivity contribution < 1.29 is 14.3 Å². The van der Waals surface area contributed by atoms with E-state index in [2.05, 4.69) is 12.2 Å². The van der Waals surface area contributed by atoms with E-state index in [1.54, 1.807) is 7.11 Å². The molecule has 0 unspecified atom stereocenters. The van der Waals surface area contributed by atoms with E-state index in [0.717, 1.165) is 6.54 Å². The molecule has 0 aromatic carbocycles. The summed E-state index contributed by atoms with van der Waals surface area (Å²) in [6.07, 6.45) is 0. The molecule has 82 valence electrons. The second-order valence-electron chi connectivity index (χ2n) is 4.09. The van der Waals surface area contributed by atoms with Gasteiger partial charge in [0.15, 0.2) is 0 Å². The van der Waals surface area contributed by atoms with Crippen LogP contribution in [-0.4, -0.2) is 39.4 Å². The molecular formula is C10H19NO3. The number of methoxy groups -OCH3 is 2. The molecule has 0 spiro atoms. The van der Waals surface area contributed by atoms with Crippen molar-refractivity contribution in [3.05, 3.63) is 0 Å². The third-order valence-electron chi connectivity index (χ3n) is 3.38. The van der Waals surface area contributed by atoms with Gasteiger partial charge in [0, 0.05) is 13.2 Å². The minimum absolute atomic E-state index is 0.0509. The monoisotopic (exact) mass is 201 g/mol. The highest BCUT2D eigenvalue weighted by molar-refractivity contribution is 5.78. The zero-order valence-corrected chi connectivity index (χ0v) is 9.29. The predicted molar refractivity (Wildman–Crippen MR) is 53.0 cm³/mol. The minimum Gasteiger partial charge on any atom is -0.469 e. The summed E-state index contributed by atoms with van der Waals surface area (Å²) in [6, 6.07) is 0.0509. The fraction of sp³-hybridized carbons (Fsp3) is 0.900. The highest BCUT2D eigenvalue weighted by Crippen LogP contribution is 2.37. The molecule has 1 rings (SSSR count). The number of esters is 1. The molecule has 1 N–H and O–H groups in total. The maximum absolute atomic E-state index is 11.7. The van der Waals surface area contributed by atoms with Crippen LogP contribution in [0.2, 0.25) is 0 Å². The molecule has 1 fully saturated rings. The number of carbonyl (C=O) groups is 1. The van der Waals surface area contributed by atoms with E-state index in [-0.39, 0.29) is 17.9 Å². The Kier molecular flexibility index (Phi) is 3.50. The Bertz CT molecular complexity index is 217. The number of ether oxygens (including phenoxy) is 2. The summed E-state index contributed by atoms with van der Waals surface area (Å²) in [6.45, 7) is 5.36. The molecule has 4 nitrogen and oxygen atoms in total. The SMILES string of the molecule is COC[C@H]1NC[C@@H](C)[C@]1(C)C(=O)OC. The van der Waals surface area contributed by atoms with Crippen molar-refractivity contribution in [1.29, 1.82) is 0 Å². The second kappa shape index (κ2) is 4.28. The van der Waals surface area contributed by atoms with E-state index < -0.39 is 5.41 Å². The molecule has 0 aliphatic carbocycles. The third-order valence-corrected chi connectivity index (χ3v) is 3.38. The first-order valence-corrected chi connectivity index (χ1v) is 4.88. The Morgan fingerprint density at radius 2 is 2.21 bits per heavy atom. The molecule has 1 aliphatic heterocycles. The van der Waals surface area contributed by atoms with Gasteiger partial charge in [-0.05, 0) is 19.4 Å². The predicted octanol–water partition coefficient (Wildman–Crippen LogP) is 0.420. The van der Waals surface area contributed by atoms with E-state index in [1.807, 2.05) is 6.92 Å². The quantitative estimate of drug-likeness (QED) is 0.672. The molecule has 1 heterocycles. The molecule has 0 bridgehead atoms. The maximum Gasteiger partial charge on any atom is 0.313 e. The van der Waals surface area contributed by atoms with Crippen LogP contribution in [0.15, 0.2) is 0 Å². The van der Waals surface area contributed by atoms with Crippen molar-refractivity contribution in [2.75, 3.05) is 27.4 Å². The summed E-state index contributed by atoms with van der Waals surface area (Å²) >= 11 is 0. The molecule has 3 atom stereocenters. The fourth-order valence-electron chi connectivity index (χ4n) is 2.05. The number of rotatable bonds is 3. The highest BCUT2D eigenvalue weighted by Gasteiger charge is 2.50. The van der Waals surface area contributed by atoms with Crippen LogP contribution >= 0.6 is 0 Å². The normalized spacial score (nSPS) is 37.1. The van der Waals surface area contributed by atoms with Crippen LogP contribution in [0.4, 0.5) is 0 Å². The van der Waals surface area contributed by atoms with Gasteiger partial charge in [-0.2, -0.15) is 0 Å². The Hall–Kier alpha value is -0.610. The number of hydrogen-bond donors (Lipinski definition) is 1. The largest absolute Gasteiger partial charge is 0.469 e. The molecule has 0 radical (unpaired) electrons. The van der Waals surface area contributed by atoms with Crippen LogP contribution in [0.25, 0.3) is 0 Å². The van der Waals surface area contributed by atoms with Gasteiger partial charge in [0.25, 0.3) is 0 Å². The topological polar surface area (TPSA) is 47.6 Å². The van der Waals surface area contributed by atoms with E-state index in [0.29, 0.717) is 6.61 Å². The summed E-state index contributed by atoms with van der Waals surface area (Å²) in [5, 5.41) is 3.29. The lowest BCUT2D eigenvalue weighted by Gasteiger charge is -2.31. The van der Waals surface area contributed by atoms with Crippen LogP contribution in [0, 0.1) is 11.3 Å². The minimum atomic E-state index is -0.468. The van der Waals surface area contributed by atoms with Crippen molar-refractivity contribution in [3.8, 4) is 0 Å². The number of carbonyl (C=O) groups excluding carboxylic acids is 1. The molecule has 0 amide bonds. The standard InChI is InChI=1S/C10H19NO3/c1-7-5-11-8(6-13-3)10(7,2)9(12)14-4/h7-8,11H,5-6H2,1-4H3/t7-,8-,10+/m1/s1. The van der Waals surface area contributed by atoms with Gasteiger partial charge in [-0.25, -0.2) is 0 Å². The van der Waals surface area contributed by atoms with Gasteiger partial charge in [0.1, 0.15) is 0 Å². The molecular weight excluding hydrogens is 182 g/mol. The first-order chi connectivity index (χ1) is 6.57. The van der Waals surface area contributed by atoms with E-state index in [1.165, 1.54) is 7.11 Å². The molecule has 0 aromatic rings. The van der Waals surface area contributed by atoms with E-state index in [9.17, 15) is 4.79 Å². The average molecular weight is 201 g/mol. The average Bonchev–Trinajstić information content (AvgIpc) is 2.46. The van der Waals surface area contributed by atoms with E-state index in [4.69, 9.17) is 9.47 Å². The van der Waals surface area contributed by atoms with Gasteiger partial charge in [-0.15, -0.1) is 0 Å². The molecule has 1 aliphatic rings. The van der Waals surface area contributed by atoms with Gasteiger partial charge in [0.05, 0.1) is 19.1 Å². The maximum atomic E-state index is 11.7. The van der Waals surface area contributed by atoms with Crippen molar-refractivity contribution in [2.45, 2.75) is 19.9 Å². The molecule has 0 saturated carbocycles. The van der Waals surface area contributed by atoms with Crippen LogP contribution in [-0.2, 0) is 14.3 Å². The van der Waals surface area contributed by atoms with Gasteiger partial charge < -0.3 is 14.8 Å². The lowest BCUT2D eigenvalue weighted by Crippen LogP contribution is -2.46. The lowest BCUT2D eigenvalue weighted by atomic mass is 9.76. The molecule has 4 heteroatoms. The van der Waals surface area contributed by atoms with E-state index >= 15 is 0 Å². The lowest BCUT2D eigenvalue weighted by molar-refractivity contribution is -0.155. The zero-order valence-electron chi connectivity index (χ0n) is 9.29. The van der Waals surface area contributed by atoms with Crippen LogP contribution in [0.5, 0.6) is 0 Å². The van der Waals surface area contributed by atoms with Crippen molar-refractivity contribution in [2.24, 2.45) is 11.3 Å². The van der Waals surface area contributed by atoms with Crippen LogP contribution in [0.3, 0.4) is 0 Å². The second-order valence-corrected chi connectivity index (χ2v) is 4.09. The Labute approximate surface area is 85.0 Å². The van der Waals surface area contributed by atoms with Crippen molar-refractivity contribution in [1.82, 2.24) is 5.32 Å². The highest BCUT2D eigenvalue weighted by atomic mass is 16.5. The summed E-state index contributed by atoms with van der Waals surface area (Å²) in [7, 11) is 3.07. The first kappa shape index (κ1) is 11.5. The Morgan fingerprint density at radius 1 is 1.57 bits per heavy atom. The van der Waals surface area contributed by atoms with Gasteiger partial charge in [-0.3, -0.25) is 4.79 Å². The Balaban J connectivity index is 2.83. The summed E-state index contributed by atoms with van der Waals surface area (Å²) in [4.78, 5) is 11.7. The van der Waals surface area contributed by atoms with Crippen LogP contribution < -0.4 is 5.32 Å². The smallest absolute Gasteiger partial charge is 0.313 e. The first-order valence-electron chi connectivity index (χ1n) is 4.88. The Morgan fingerprint density at radius 3 is 2.71 bits per heavy atom. The number of hydrogen-bond acceptors (Lipinski definition) is 4. The summed E-state index contributed by atoms with van der Waals surface area (Å²) in [5.74, 6) is 0.118. The zero-order chi connectivity index (χ0) is 10.8. The van der Waals surface area contributed by atoms with Gasteiger partial charge in [0.2, 0.25) is 0 Å². The van der Waals surface area contributed by atoms with Gasteiger partial charge >= 0.3 is 5.97 Å².